The molecule has 0 aliphatic heterocycles. The van der Waals surface area contributed by atoms with E-state index in [0.29, 0.717) is 22.8 Å². The molecule has 11 heteroatoms. The quantitative estimate of drug-likeness (QED) is 0.480. The van der Waals surface area contributed by atoms with Gasteiger partial charge in [-0.05, 0) is 25.0 Å². The van der Waals surface area contributed by atoms with Gasteiger partial charge in [-0.3, -0.25) is 14.3 Å². The lowest BCUT2D eigenvalue weighted by Gasteiger charge is -2.17. The molecule has 2 aromatic heterocycles. The molecule has 2 heterocycles. The largest absolute Gasteiger partial charge is 0.494 e. The Morgan fingerprint density at radius 1 is 1.31 bits per heavy atom. The molecular formula is C21H22FN7O3. The Morgan fingerprint density at radius 2 is 2.12 bits per heavy atom. The Balaban J connectivity index is 1.77. The number of ether oxygens (including phenoxy) is 1. The van der Waals surface area contributed by atoms with Crippen molar-refractivity contribution in [2.75, 3.05) is 24.7 Å². The summed E-state index contributed by atoms with van der Waals surface area (Å²) in [5.74, 6) is -2.42. The highest BCUT2D eigenvalue weighted by Gasteiger charge is 2.30. The van der Waals surface area contributed by atoms with E-state index in [-0.39, 0.29) is 23.3 Å². The van der Waals surface area contributed by atoms with Crippen LogP contribution < -0.4 is 20.7 Å². The Kier molecular flexibility index (Phi) is 4.75. The second-order valence-corrected chi connectivity index (χ2v) is 7.19. The minimum atomic E-state index is -2.86. The fourth-order valence-electron chi connectivity index (χ4n) is 3.17. The molecule has 32 heavy (non-hydrogen) atoms. The third-order valence-electron chi connectivity index (χ3n) is 4.84. The molecule has 0 unspecified atom stereocenters. The van der Waals surface area contributed by atoms with Crippen molar-refractivity contribution in [1.82, 2.24) is 25.1 Å². The molecule has 0 bridgehead atoms. The van der Waals surface area contributed by atoms with Gasteiger partial charge in [-0.1, -0.05) is 6.07 Å². The normalized spacial score (nSPS) is 14.7. The molecule has 0 radical (unpaired) electrons. The van der Waals surface area contributed by atoms with E-state index in [4.69, 9.17) is 8.85 Å². The maximum Gasteiger partial charge on any atom is 0.257 e. The number of aryl methyl sites for hydroxylation is 1. The predicted octanol–water partition coefficient (Wildman–Crippen LogP) is 2.48. The van der Waals surface area contributed by atoms with E-state index < -0.39 is 24.4 Å². The Bertz CT molecular complexity index is 1290. The summed E-state index contributed by atoms with van der Waals surface area (Å²) in [5.41, 5.74) is 0.0533. The van der Waals surface area contributed by atoms with Crippen LogP contribution in [0.25, 0.3) is 11.4 Å². The second-order valence-electron chi connectivity index (χ2n) is 7.19. The van der Waals surface area contributed by atoms with Gasteiger partial charge >= 0.3 is 0 Å². The third-order valence-corrected chi connectivity index (χ3v) is 4.84. The number of hydrogen-bond donors (Lipinski definition) is 3. The fourth-order valence-corrected chi connectivity index (χ4v) is 3.17. The van der Waals surface area contributed by atoms with E-state index >= 15 is 4.39 Å². The van der Waals surface area contributed by atoms with Gasteiger partial charge in [-0.2, -0.15) is 9.49 Å². The van der Waals surface area contributed by atoms with Crippen LogP contribution in [-0.2, 0) is 11.8 Å². The van der Waals surface area contributed by atoms with Gasteiger partial charge in [0.2, 0.25) is 11.9 Å². The summed E-state index contributed by atoms with van der Waals surface area (Å²) < 4.78 is 44.0. The van der Waals surface area contributed by atoms with Crippen LogP contribution in [0.1, 0.15) is 27.3 Å². The lowest BCUT2D eigenvalue weighted by atomic mass is 10.1. The first kappa shape index (κ1) is 17.6. The summed E-state index contributed by atoms with van der Waals surface area (Å²) in [6.07, 6.45) is 2.97. The number of pyridine rings is 1. The van der Waals surface area contributed by atoms with Crippen LogP contribution in [-0.4, -0.2) is 45.6 Å². The van der Waals surface area contributed by atoms with E-state index in [2.05, 4.69) is 25.7 Å². The number of carbonyl (C=O) groups is 2. The predicted molar refractivity (Wildman–Crippen MR) is 115 cm³/mol. The van der Waals surface area contributed by atoms with Gasteiger partial charge in [0.1, 0.15) is 17.7 Å². The molecule has 10 nitrogen and oxygen atoms in total. The first-order valence-corrected chi connectivity index (χ1v) is 9.69. The zero-order valence-electron chi connectivity index (χ0n) is 20.3. The SMILES string of the molecule is [2H]C([2H])([2H])NC(=O)c1c(Nc2cccc(-c3ncn(C)n3)c2OC)cc(NC(=O)C2CC2)nc1F. The molecular weight excluding hydrogens is 417 g/mol. The summed E-state index contributed by atoms with van der Waals surface area (Å²) in [4.78, 5) is 32.7. The molecule has 0 spiro atoms. The average Bonchev–Trinajstić information content (AvgIpc) is 3.53. The molecule has 2 amide bonds. The van der Waals surface area contributed by atoms with Gasteiger partial charge < -0.3 is 20.7 Å². The first-order valence-electron chi connectivity index (χ1n) is 11.2. The molecule has 0 saturated heterocycles. The van der Waals surface area contributed by atoms with Gasteiger partial charge in [0.05, 0.1) is 24.0 Å². The highest BCUT2D eigenvalue weighted by atomic mass is 19.1. The monoisotopic (exact) mass is 442 g/mol. The van der Waals surface area contributed by atoms with E-state index in [1.54, 1.807) is 30.6 Å². The molecule has 1 fully saturated rings. The molecule has 0 atom stereocenters. The van der Waals surface area contributed by atoms with Crippen LogP contribution >= 0.6 is 0 Å². The van der Waals surface area contributed by atoms with Gasteiger partial charge in [0, 0.05) is 30.1 Å². The number of nitrogens with one attached hydrogen (secondary N) is 3. The van der Waals surface area contributed by atoms with Crippen molar-refractivity contribution in [3.63, 3.8) is 0 Å². The van der Waals surface area contributed by atoms with E-state index in [0.717, 1.165) is 12.8 Å². The van der Waals surface area contributed by atoms with Crippen LogP contribution in [0.2, 0.25) is 0 Å². The number of nitrogens with zero attached hydrogens (tertiary/aromatic N) is 4. The Labute approximate surface area is 187 Å². The topological polar surface area (TPSA) is 123 Å². The number of rotatable bonds is 7. The molecule has 3 N–H and O–H groups in total. The molecule has 1 aliphatic rings. The molecule has 1 aromatic carbocycles. The number of aromatic nitrogens is 4. The molecule has 4 rings (SSSR count). The van der Waals surface area contributed by atoms with Crippen molar-refractivity contribution in [3.8, 4) is 17.1 Å². The van der Waals surface area contributed by atoms with Gasteiger partial charge in [0.15, 0.2) is 11.6 Å². The Hall–Kier alpha value is -4.02. The van der Waals surface area contributed by atoms with Gasteiger partial charge in [0.25, 0.3) is 5.91 Å². The number of anilines is 3. The van der Waals surface area contributed by atoms with Gasteiger partial charge in [-0.15, -0.1) is 0 Å². The minimum absolute atomic E-state index is 0.130. The number of hydrogen-bond acceptors (Lipinski definition) is 7. The van der Waals surface area contributed by atoms with Crippen molar-refractivity contribution in [3.05, 3.63) is 42.1 Å². The smallest absolute Gasteiger partial charge is 0.257 e. The van der Waals surface area contributed by atoms with E-state index in [1.165, 1.54) is 24.2 Å². The number of amides is 2. The highest BCUT2D eigenvalue weighted by Crippen LogP contribution is 2.38. The van der Waals surface area contributed by atoms with Gasteiger partial charge in [-0.25, -0.2) is 9.97 Å². The van der Waals surface area contributed by atoms with Crippen LogP contribution in [0.5, 0.6) is 5.75 Å². The van der Waals surface area contributed by atoms with Crippen LogP contribution in [0.4, 0.5) is 21.6 Å². The Morgan fingerprint density at radius 3 is 2.78 bits per heavy atom. The average molecular weight is 442 g/mol. The molecule has 1 saturated carbocycles. The molecule has 166 valence electrons. The van der Waals surface area contributed by atoms with E-state index in [9.17, 15) is 9.59 Å². The van der Waals surface area contributed by atoms with Crippen molar-refractivity contribution in [2.45, 2.75) is 12.8 Å². The van der Waals surface area contributed by atoms with Crippen LogP contribution in [0.15, 0.2) is 30.6 Å². The summed E-state index contributed by atoms with van der Waals surface area (Å²) in [7, 11) is 3.13. The van der Waals surface area contributed by atoms with Crippen molar-refractivity contribution in [1.29, 1.82) is 0 Å². The zero-order valence-corrected chi connectivity index (χ0v) is 17.3. The minimum Gasteiger partial charge on any atom is -0.494 e. The zero-order chi connectivity index (χ0) is 25.3. The standard InChI is InChI=1S/C21H22FN7O3/c1-23-21(31)16-14(9-15(26-18(16)22)27-20(30)11-7-8-11)25-13-6-4-5-12(17(13)32-3)19-24-10-29(2)28-19/h4-6,9-11H,7-8H2,1-3H3,(H,23,31)(H2,25,26,27,30)/i1D3. The number of carbonyl (C=O) groups excluding carboxylic acids is 2. The maximum absolute atomic E-state index is 15.0. The van der Waals surface area contributed by atoms with Crippen molar-refractivity contribution < 1.29 is 22.8 Å². The first-order chi connectivity index (χ1) is 16.6. The van der Waals surface area contributed by atoms with E-state index in [1.807, 2.05) is 0 Å². The highest BCUT2D eigenvalue weighted by molar-refractivity contribution is 6.02. The van der Waals surface area contributed by atoms with Crippen molar-refractivity contribution in [2.24, 2.45) is 13.0 Å². The lowest BCUT2D eigenvalue weighted by molar-refractivity contribution is -0.117. The lowest BCUT2D eigenvalue weighted by Crippen LogP contribution is -2.23. The number of benzene rings is 1. The summed E-state index contributed by atoms with van der Waals surface area (Å²) in [6, 6.07) is 6.25. The summed E-state index contributed by atoms with van der Waals surface area (Å²) >= 11 is 0. The maximum atomic E-state index is 15.0. The summed E-state index contributed by atoms with van der Waals surface area (Å²) in [5, 5.41) is 11.5. The van der Waals surface area contributed by atoms with Crippen LogP contribution in [0.3, 0.4) is 0 Å². The van der Waals surface area contributed by atoms with Crippen LogP contribution in [0, 0.1) is 11.9 Å². The fraction of sp³-hybridized carbons (Fsp3) is 0.286. The number of halogens is 1. The van der Waals surface area contributed by atoms with Crippen molar-refractivity contribution >= 4 is 29.0 Å². The number of para-hydroxylation sites is 1. The summed E-state index contributed by atoms with van der Waals surface area (Å²) in [6.45, 7) is -2.86. The number of methoxy groups -OCH3 is 1. The molecule has 1 aliphatic carbocycles. The molecule has 3 aromatic rings. The second kappa shape index (κ2) is 8.61. The third kappa shape index (κ3) is 4.22.